The second-order valence-corrected chi connectivity index (χ2v) is 8.68. The Labute approximate surface area is 211 Å². The molecule has 0 heterocycles. The topological polar surface area (TPSA) is 29.5 Å². The first kappa shape index (κ1) is 26.2. The van der Waals surface area contributed by atoms with Crippen molar-refractivity contribution in [1.29, 1.82) is 0 Å². The lowest BCUT2D eigenvalue weighted by molar-refractivity contribution is 0.273. The van der Waals surface area contributed by atoms with Gasteiger partial charge in [0.05, 0.1) is 6.61 Å². The van der Waals surface area contributed by atoms with Gasteiger partial charge in [-0.15, -0.1) is 0 Å². The van der Waals surface area contributed by atoms with Crippen molar-refractivity contribution < 1.29 is 9.84 Å². The number of benzene rings is 3. The maximum absolute atomic E-state index is 8.81. The molecule has 3 aromatic rings. The van der Waals surface area contributed by atoms with E-state index in [1.807, 2.05) is 24.3 Å². The average Bonchev–Trinajstić information content (AvgIpc) is 2.90. The molecule has 0 spiro atoms. The standard InChI is InChI=1S/C33H36O2/c1-3-9-27-10-12-28(13-11-27)16-20-32-21-17-30(26-31(32)4-2)15-14-29-18-22-33(23-19-29)35-25-8-6-5-7-24-34/h10-13,17-19,21-23,26,34H,3-9,24-25H2,1-2H3. The molecular formula is C33H36O2. The fourth-order valence-electron chi connectivity index (χ4n) is 3.81. The van der Waals surface area contributed by atoms with Crippen molar-refractivity contribution in [3.05, 3.63) is 100 Å². The van der Waals surface area contributed by atoms with Crippen molar-refractivity contribution in [3.8, 4) is 29.4 Å². The molecule has 35 heavy (non-hydrogen) atoms. The van der Waals surface area contributed by atoms with Crippen LogP contribution in [0.15, 0.2) is 66.7 Å². The van der Waals surface area contributed by atoms with E-state index in [0.717, 1.165) is 72.9 Å². The lowest BCUT2D eigenvalue weighted by atomic mass is 10.0. The zero-order chi connectivity index (χ0) is 24.7. The first-order valence-electron chi connectivity index (χ1n) is 12.8. The Morgan fingerprint density at radius 2 is 1.31 bits per heavy atom. The summed E-state index contributed by atoms with van der Waals surface area (Å²) in [6, 6.07) is 22.8. The lowest BCUT2D eigenvalue weighted by Gasteiger charge is -2.05. The van der Waals surface area contributed by atoms with Crippen LogP contribution >= 0.6 is 0 Å². The number of rotatable bonds is 10. The smallest absolute Gasteiger partial charge is 0.119 e. The third-order valence-electron chi connectivity index (χ3n) is 5.85. The zero-order valence-electron chi connectivity index (χ0n) is 21.1. The molecule has 2 nitrogen and oxygen atoms in total. The minimum absolute atomic E-state index is 0.273. The van der Waals surface area contributed by atoms with Crippen molar-refractivity contribution >= 4 is 0 Å². The molecule has 2 heteroatoms. The quantitative estimate of drug-likeness (QED) is 0.260. The monoisotopic (exact) mass is 464 g/mol. The summed E-state index contributed by atoms with van der Waals surface area (Å²) in [6.45, 7) is 5.33. The van der Waals surface area contributed by atoms with Crippen LogP contribution in [-0.2, 0) is 12.8 Å². The van der Waals surface area contributed by atoms with Crippen LogP contribution in [0.25, 0.3) is 0 Å². The van der Waals surface area contributed by atoms with E-state index in [4.69, 9.17) is 9.84 Å². The van der Waals surface area contributed by atoms with Crippen molar-refractivity contribution in [2.75, 3.05) is 13.2 Å². The molecule has 3 aromatic carbocycles. The molecular weight excluding hydrogens is 428 g/mol. The van der Waals surface area contributed by atoms with E-state index in [1.54, 1.807) is 0 Å². The Morgan fingerprint density at radius 1 is 0.686 bits per heavy atom. The number of aryl methyl sites for hydroxylation is 2. The van der Waals surface area contributed by atoms with Crippen LogP contribution < -0.4 is 4.74 Å². The van der Waals surface area contributed by atoms with Crippen LogP contribution in [0.2, 0.25) is 0 Å². The molecule has 0 radical (unpaired) electrons. The zero-order valence-corrected chi connectivity index (χ0v) is 21.1. The van der Waals surface area contributed by atoms with E-state index < -0.39 is 0 Å². The van der Waals surface area contributed by atoms with Crippen LogP contribution in [0.4, 0.5) is 0 Å². The average molecular weight is 465 g/mol. The maximum atomic E-state index is 8.81. The van der Waals surface area contributed by atoms with Crippen molar-refractivity contribution in [2.24, 2.45) is 0 Å². The first-order chi connectivity index (χ1) is 17.2. The van der Waals surface area contributed by atoms with Gasteiger partial charge in [-0.1, -0.05) is 62.5 Å². The summed E-state index contributed by atoms with van der Waals surface area (Å²) in [5, 5.41) is 8.81. The largest absolute Gasteiger partial charge is 0.494 e. The normalized spacial score (nSPS) is 10.1. The Kier molecular flexibility index (Phi) is 11.0. The fourth-order valence-corrected chi connectivity index (χ4v) is 3.81. The molecule has 0 saturated heterocycles. The fraction of sp³-hybridized carbons (Fsp3) is 0.333. The molecule has 3 rings (SSSR count). The molecule has 0 aromatic heterocycles. The van der Waals surface area contributed by atoms with E-state index >= 15 is 0 Å². The van der Waals surface area contributed by atoms with E-state index in [1.165, 1.54) is 11.1 Å². The van der Waals surface area contributed by atoms with E-state index in [2.05, 4.69) is 80.0 Å². The van der Waals surface area contributed by atoms with Crippen molar-refractivity contribution in [2.45, 2.75) is 58.8 Å². The van der Waals surface area contributed by atoms with Gasteiger partial charge < -0.3 is 9.84 Å². The molecule has 0 unspecified atom stereocenters. The predicted octanol–water partition coefficient (Wildman–Crippen LogP) is 6.93. The van der Waals surface area contributed by atoms with Gasteiger partial charge in [0.1, 0.15) is 5.75 Å². The molecule has 1 N–H and O–H groups in total. The van der Waals surface area contributed by atoms with Gasteiger partial charge in [0.2, 0.25) is 0 Å². The summed E-state index contributed by atoms with van der Waals surface area (Å²) in [6.07, 6.45) is 7.20. The molecule has 0 fully saturated rings. The molecule has 0 aliphatic carbocycles. The summed E-state index contributed by atoms with van der Waals surface area (Å²) >= 11 is 0. The summed E-state index contributed by atoms with van der Waals surface area (Å²) in [5.41, 5.74) is 6.66. The maximum Gasteiger partial charge on any atom is 0.119 e. The molecule has 0 saturated carbocycles. The Balaban J connectivity index is 1.60. The first-order valence-corrected chi connectivity index (χ1v) is 12.8. The second kappa shape index (κ2) is 14.7. The molecule has 0 aliphatic rings. The van der Waals surface area contributed by atoms with Gasteiger partial charge in [-0.05, 0) is 97.8 Å². The van der Waals surface area contributed by atoms with Crippen LogP contribution in [0, 0.1) is 23.7 Å². The number of aliphatic hydroxyl groups excluding tert-OH is 1. The summed E-state index contributed by atoms with van der Waals surface area (Å²) in [5.74, 6) is 14.1. The van der Waals surface area contributed by atoms with Crippen molar-refractivity contribution in [3.63, 3.8) is 0 Å². The molecule has 0 amide bonds. The third-order valence-corrected chi connectivity index (χ3v) is 5.85. The minimum Gasteiger partial charge on any atom is -0.494 e. The van der Waals surface area contributed by atoms with Gasteiger partial charge in [0.25, 0.3) is 0 Å². The molecule has 0 aliphatic heterocycles. The summed E-state index contributed by atoms with van der Waals surface area (Å²) < 4.78 is 5.80. The van der Waals surface area contributed by atoms with E-state index in [-0.39, 0.29) is 6.61 Å². The van der Waals surface area contributed by atoms with Crippen LogP contribution in [0.5, 0.6) is 5.75 Å². The lowest BCUT2D eigenvalue weighted by Crippen LogP contribution is -1.97. The third kappa shape index (κ3) is 9.01. The van der Waals surface area contributed by atoms with Gasteiger partial charge in [0, 0.05) is 28.9 Å². The van der Waals surface area contributed by atoms with E-state index in [9.17, 15) is 0 Å². The number of unbranched alkanes of at least 4 members (excludes halogenated alkanes) is 3. The number of hydrogen-bond acceptors (Lipinski definition) is 2. The highest BCUT2D eigenvalue weighted by molar-refractivity contribution is 5.52. The summed E-state index contributed by atoms with van der Waals surface area (Å²) in [4.78, 5) is 0. The van der Waals surface area contributed by atoms with Crippen LogP contribution in [0.1, 0.15) is 79.3 Å². The predicted molar refractivity (Wildman–Crippen MR) is 146 cm³/mol. The van der Waals surface area contributed by atoms with Crippen LogP contribution in [-0.4, -0.2) is 18.3 Å². The molecule has 180 valence electrons. The highest BCUT2D eigenvalue weighted by Gasteiger charge is 2.00. The number of hydrogen-bond donors (Lipinski definition) is 1. The summed E-state index contributed by atoms with van der Waals surface area (Å²) in [7, 11) is 0. The van der Waals surface area contributed by atoms with Gasteiger partial charge in [0.15, 0.2) is 0 Å². The Morgan fingerprint density at radius 3 is 2.00 bits per heavy atom. The van der Waals surface area contributed by atoms with Gasteiger partial charge in [-0.3, -0.25) is 0 Å². The molecule has 0 bridgehead atoms. The number of aliphatic hydroxyl groups is 1. The number of ether oxygens (including phenoxy) is 1. The Hall–Kier alpha value is -3.46. The van der Waals surface area contributed by atoms with Crippen LogP contribution in [0.3, 0.4) is 0 Å². The van der Waals surface area contributed by atoms with Gasteiger partial charge >= 0.3 is 0 Å². The van der Waals surface area contributed by atoms with Gasteiger partial charge in [-0.2, -0.15) is 0 Å². The highest BCUT2D eigenvalue weighted by Crippen LogP contribution is 2.15. The minimum atomic E-state index is 0.273. The molecule has 0 atom stereocenters. The highest BCUT2D eigenvalue weighted by atomic mass is 16.5. The van der Waals surface area contributed by atoms with E-state index in [0.29, 0.717) is 6.61 Å². The van der Waals surface area contributed by atoms with Crippen molar-refractivity contribution in [1.82, 2.24) is 0 Å². The SMILES string of the molecule is CCCc1ccc(C#Cc2ccc(C#Cc3ccc(OCCCCCCO)cc3)cc2CC)cc1. The van der Waals surface area contributed by atoms with Gasteiger partial charge in [-0.25, -0.2) is 0 Å². The second-order valence-electron chi connectivity index (χ2n) is 8.68. The Bertz CT molecular complexity index is 1170.